The van der Waals surface area contributed by atoms with Gasteiger partial charge in [0.2, 0.25) is 5.82 Å². The van der Waals surface area contributed by atoms with E-state index in [2.05, 4.69) is 20.3 Å². The van der Waals surface area contributed by atoms with Gasteiger partial charge in [0.05, 0.1) is 18.0 Å². The highest BCUT2D eigenvalue weighted by Crippen LogP contribution is 2.25. The average molecular weight is 269 g/mol. The van der Waals surface area contributed by atoms with E-state index in [-0.39, 0.29) is 0 Å². The second kappa shape index (κ2) is 3.80. The largest absolute Gasteiger partial charge is 0.334 e. The predicted molar refractivity (Wildman–Crippen MR) is 69.7 cm³/mol. The Morgan fingerprint density at radius 2 is 2.00 bits per heavy atom. The van der Waals surface area contributed by atoms with E-state index < -0.39 is 0 Å². The lowest BCUT2D eigenvalue weighted by molar-refractivity contribution is 0.432. The lowest BCUT2D eigenvalue weighted by Gasteiger charge is -1.92. The zero-order valence-corrected chi connectivity index (χ0v) is 10.9. The number of imidazole rings is 1. The molecule has 0 spiro atoms. The van der Waals surface area contributed by atoms with Crippen LogP contribution in [0.15, 0.2) is 35.5 Å². The second-order valence-electron chi connectivity index (χ2n) is 4.56. The molecule has 20 heavy (non-hydrogen) atoms. The van der Waals surface area contributed by atoms with Crippen LogP contribution in [0.1, 0.15) is 0 Å². The minimum absolute atomic E-state index is 0.445. The molecule has 4 heterocycles. The van der Waals surface area contributed by atoms with E-state index in [0.29, 0.717) is 11.7 Å². The first-order valence-electron chi connectivity index (χ1n) is 6.04. The van der Waals surface area contributed by atoms with Gasteiger partial charge in [-0.05, 0) is 0 Å². The number of hydrogen-bond donors (Lipinski definition) is 0. The van der Waals surface area contributed by atoms with Gasteiger partial charge < -0.3 is 9.09 Å². The van der Waals surface area contributed by atoms with Crippen molar-refractivity contribution in [1.82, 2.24) is 34.1 Å². The fourth-order valence-electron chi connectivity index (χ4n) is 2.19. The quantitative estimate of drug-likeness (QED) is 0.545. The maximum Gasteiger partial charge on any atom is 0.263 e. The van der Waals surface area contributed by atoms with E-state index in [1.54, 1.807) is 21.6 Å². The first-order chi connectivity index (χ1) is 9.72. The molecule has 4 rings (SSSR count). The summed E-state index contributed by atoms with van der Waals surface area (Å²) in [5.74, 6) is 0.960. The minimum atomic E-state index is 0.445. The van der Waals surface area contributed by atoms with Crippen LogP contribution in [0.25, 0.3) is 28.5 Å². The van der Waals surface area contributed by atoms with E-state index in [1.165, 1.54) is 0 Å². The molecule has 0 aliphatic heterocycles. The Morgan fingerprint density at radius 3 is 2.80 bits per heavy atom. The van der Waals surface area contributed by atoms with E-state index in [9.17, 15) is 0 Å². The molecule has 0 amide bonds. The maximum absolute atomic E-state index is 5.34. The van der Waals surface area contributed by atoms with Gasteiger partial charge in [-0.15, -0.1) is 0 Å². The van der Waals surface area contributed by atoms with Gasteiger partial charge in [0.1, 0.15) is 11.2 Å². The van der Waals surface area contributed by atoms with Crippen molar-refractivity contribution in [1.29, 1.82) is 0 Å². The van der Waals surface area contributed by atoms with Crippen molar-refractivity contribution in [2.75, 3.05) is 0 Å². The molecule has 0 bridgehead atoms. The van der Waals surface area contributed by atoms with Gasteiger partial charge in [-0.3, -0.25) is 4.68 Å². The van der Waals surface area contributed by atoms with Gasteiger partial charge in [-0.25, -0.2) is 4.52 Å². The second-order valence-corrected chi connectivity index (χ2v) is 4.56. The minimum Gasteiger partial charge on any atom is -0.334 e. The van der Waals surface area contributed by atoms with Crippen LogP contribution in [0.4, 0.5) is 0 Å². The monoisotopic (exact) mass is 269 g/mol. The highest BCUT2D eigenvalue weighted by molar-refractivity contribution is 5.72. The molecule has 0 aliphatic rings. The van der Waals surface area contributed by atoms with Gasteiger partial charge in [-0.1, -0.05) is 5.16 Å². The van der Waals surface area contributed by atoms with Gasteiger partial charge in [0, 0.05) is 32.7 Å². The van der Waals surface area contributed by atoms with Crippen molar-refractivity contribution in [3.05, 3.63) is 31.0 Å². The van der Waals surface area contributed by atoms with Crippen LogP contribution in [-0.2, 0) is 14.1 Å². The lowest BCUT2D eigenvalue weighted by atomic mass is 10.3. The van der Waals surface area contributed by atoms with Crippen LogP contribution in [-0.4, -0.2) is 34.1 Å². The summed E-state index contributed by atoms with van der Waals surface area (Å²) < 4.78 is 10.8. The molecule has 4 aromatic rings. The molecule has 0 unspecified atom stereocenters. The van der Waals surface area contributed by atoms with Crippen molar-refractivity contribution < 1.29 is 4.52 Å². The SMILES string of the molecule is Cn1cc(-c2noc(-c3cnn4ccn(C)c34)n2)cn1. The van der Waals surface area contributed by atoms with E-state index in [1.807, 2.05) is 37.3 Å². The third kappa shape index (κ3) is 1.48. The highest BCUT2D eigenvalue weighted by atomic mass is 16.5. The maximum atomic E-state index is 5.34. The molecule has 0 saturated heterocycles. The molecule has 0 saturated carbocycles. The number of aryl methyl sites for hydroxylation is 2. The topological polar surface area (TPSA) is 79.0 Å². The first-order valence-corrected chi connectivity index (χ1v) is 6.04. The van der Waals surface area contributed by atoms with Crippen LogP contribution in [0.3, 0.4) is 0 Å². The molecule has 0 atom stereocenters. The van der Waals surface area contributed by atoms with Crippen LogP contribution in [0.5, 0.6) is 0 Å². The molecule has 0 radical (unpaired) electrons. The highest BCUT2D eigenvalue weighted by Gasteiger charge is 2.17. The zero-order chi connectivity index (χ0) is 13.7. The molecule has 0 aliphatic carbocycles. The molecule has 8 nitrogen and oxygen atoms in total. The van der Waals surface area contributed by atoms with Crippen LogP contribution in [0, 0.1) is 0 Å². The van der Waals surface area contributed by atoms with Crippen LogP contribution in [0.2, 0.25) is 0 Å². The van der Waals surface area contributed by atoms with E-state index in [0.717, 1.165) is 16.8 Å². The van der Waals surface area contributed by atoms with Gasteiger partial charge in [0.25, 0.3) is 5.89 Å². The average Bonchev–Trinajstić information content (AvgIpc) is 3.15. The fraction of sp³-hybridized carbons (Fsp3) is 0.167. The number of rotatable bonds is 2. The molecular weight excluding hydrogens is 258 g/mol. The fourth-order valence-corrected chi connectivity index (χ4v) is 2.19. The number of hydrogen-bond acceptors (Lipinski definition) is 5. The summed E-state index contributed by atoms with van der Waals surface area (Å²) in [6.07, 6.45) is 9.05. The van der Waals surface area contributed by atoms with Crippen LogP contribution >= 0.6 is 0 Å². The zero-order valence-electron chi connectivity index (χ0n) is 10.9. The third-order valence-corrected chi connectivity index (χ3v) is 3.15. The molecule has 8 heteroatoms. The number of nitrogens with zero attached hydrogens (tertiary/aromatic N) is 7. The normalized spacial score (nSPS) is 11.5. The first kappa shape index (κ1) is 11.0. The van der Waals surface area contributed by atoms with Crippen molar-refractivity contribution in [2.24, 2.45) is 14.1 Å². The Morgan fingerprint density at radius 1 is 1.10 bits per heavy atom. The molecular formula is C12H11N7O. The summed E-state index contributed by atoms with van der Waals surface area (Å²) in [5, 5.41) is 12.3. The summed E-state index contributed by atoms with van der Waals surface area (Å²) >= 11 is 0. The van der Waals surface area contributed by atoms with Crippen molar-refractivity contribution >= 4 is 5.65 Å². The van der Waals surface area contributed by atoms with E-state index in [4.69, 9.17) is 4.52 Å². The van der Waals surface area contributed by atoms with Crippen molar-refractivity contribution in [3.63, 3.8) is 0 Å². The lowest BCUT2D eigenvalue weighted by Crippen LogP contribution is -1.88. The third-order valence-electron chi connectivity index (χ3n) is 3.15. The smallest absolute Gasteiger partial charge is 0.263 e. The summed E-state index contributed by atoms with van der Waals surface area (Å²) in [5.41, 5.74) is 2.53. The summed E-state index contributed by atoms with van der Waals surface area (Å²) in [4.78, 5) is 4.41. The summed E-state index contributed by atoms with van der Waals surface area (Å²) in [6, 6.07) is 0. The van der Waals surface area contributed by atoms with Gasteiger partial charge in [0.15, 0.2) is 0 Å². The Labute approximate surface area is 113 Å². The van der Waals surface area contributed by atoms with Crippen molar-refractivity contribution in [3.8, 4) is 22.8 Å². The summed E-state index contributed by atoms with van der Waals surface area (Å²) in [6.45, 7) is 0. The molecule has 0 aromatic carbocycles. The Balaban J connectivity index is 1.83. The van der Waals surface area contributed by atoms with Gasteiger partial charge in [-0.2, -0.15) is 15.2 Å². The van der Waals surface area contributed by atoms with E-state index >= 15 is 0 Å². The predicted octanol–water partition coefficient (Wildman–Crippen LogP) is 1.12. The molecule has 4 aromatic heterocycles. The number of fused-ring (bicyclic) bond motifs is 1. The van der Waals surface area contributed by atoms with Crippen molar-refractivity contribution in [2.45, 2.75) is 0 Å². The van der Waals surface area contributed by atoms with Crippen LogP contribution < -0.4 is 0 Å². The van der Waals surface area contributed by atoms with Gasteiger partial charge >= 0.3 is 0 Å². The molecule has 100 valence electrons. The standard InChI is InChI=1S/C12H11N7O/c1-17-3-4-19-12(17)9(6-14-19)11-15-10(16-20-11)8-5-13-18(2)7-8/h3-7H,1-2H3. The Hall–Kier alpha value is -2.90. The Kier molecular flexibility index (Phi) is 2.08. The number of aromatic nitrogens is 7. The Bertz CT molecular complexity index is 894. The summed E-state index contributed by atoms with van der Waals surface area (Å²) in [7, 11) is 3.79. The molecule has 0 N–H and O–H groups in total. The molecule has 0 fully saturated rings.